The highest BCUT2D eigenvalue weighted by Gasteiger charge is 2.11. The Bertz CT molecular complexity index is 972. The second-order valence-electron chi connectivity index (χ2n) is 5.97. The molecule has 144 valence electrons. The highest BCUT2D eigenvalue weighted by molar-refractivity contribution is 7.14. The van der Waals surface area contributed by atoms with Crippen LogP contribution in [0.5, 0.6) is 0 Å². The van der Waals surface area contributed by atoms with Crippen molar-refractivity contribution in [1.29, 1.82) is 0 Å². The predicted molar refractivity (Wildman–Crippen MR) is 109 cm³/mol. The van der Waals surface area contributed by atoms with Gasteiger partial charge in [-0.05, 0) is 42.3 Å². The maximum atomic E-state index is 12.9. The van der Waals surface area contributed by atoms with Gasteiger partial charge in [-0.1, -0.05) is 25.1 Å². The van der Waals surface area contributed by atoms with Crippen LogP contribution in [0, 0.1) is 5.82 Å². The number of aromatic nitrogens is 1. The summed E-state index contributed by atoms with van der Waals surface area (Å²) in [4.78, 5) is 28.5. The van der Waals surface area contributed by atoms with E-state index in [1.807, 2.05) is 31.2 Å². The average Bonchev–Trinajstić information content (AvgIpc) is 3.10. The van der Waals surface area contributed by atoms with Crippen LogP contribution in [0.2, 0.25) is 0 Å². The van der Waals surface area contributed by atoms with Crippen molar-refractivity contribution in [3.05, 3.63) is 71.0 Å². The minimum absolute atomic E-state index is 0.107. The summed E-state index contributed by atoms with van der Waals surface area (Å²) in [5.41, 5.74) is 2.88. The molecule has 8 heteroatoms. The van der Waals surface area contributed by atoms with Gasteiger partial charge in [0, 0.05) is 16.8 Å². The SMILES string of the molecule is CCc1ccccc1NC(=O)Cc1csc(NC(=O)Nc2ccc(F)cc2)n1. The summed E-state index contributed by atoms with van der Waals surface area (Å²) in [7, 11) is 0. The Hall–Kier alpha value is -3.26. The van der Waals surface area contributed by atoms with E-state index >= 15 is 0 Å². The van der Waals surface area contributed by atoms with E-state index in [1.165, 1.54) is 35.6 Å². The molecule has 0 spiro atoms. The fraction of sp³-hybridized carbons (Fsp3) is 0.150. The van der Waals surface area contributed by atoms with Crippen LogP contribution >= 0.6 is 11.3 Å². The molecular formula is C20H19FN4O2S. The van der Waals surface area contributed by atoms with Crippen LogP contribution in [-0.4, -0.2) is 16.9 Å². The lowest BCUT2D eigenvalue weighted by Gasteiger charge is -2.08. The van der Waals surface area contributed by atoms with Crippen LogP contribution in [0.15, 0.2) is 53.9 Å². The highest BCUT2D eigenvalue weighted by atomic mass is 32.1. The van der Waals surface area contributed by atoms with E-state index in [-0.39, 0.29) is 18.1 Å². The van der Waals surface area contributed by atoms with E-state index in [4.69, 9.17) is 0 Å². The molecule has 0 saturated carbocycles. The monoisotopic (exact) mass is 398 g/mol. The minimum atomic E-state index is -0.492. The van der Waals surface area contributed by atoms with E-state index in [1.54, 1.807) is 5.38 Å². The van der Waals surface area contributed by atoms with Crippen molar-refractivity contribution in [2.45, 2.75) is 19.8 Å². The third-order valence-corrected chi connectivity index (χ3v) is 4.69. The summed E-state index contributed by atoms with van der Waals surface area (Å²) in [6.07, 6.45) is 0.931. The number of para-hydroxylation sites is 1. The van der Waals surface area contributed by atoms with Crippen molar-refractivity contribution in [1.82, 2.24) is 4.98 Å². The normalized spacial score (nSPS) is 10.4. The fourth-order valence-corrected chi connectivity index (χ4v) is 3.25. The first kappa shape index (κ1) is 19.5. The van der Waals surface area contributed by atoms with Gasteiger partial charge >= 0.3 is 6.03 Å². The van der Waals surface area contributed by atoms with Crippen molar-refractivity contribution in [2.24, 2.45) is 0 Å². The molecule has 0 aliphatic heterocycles. The van der Waals surface area contributed by atoms with Gasteiger partial charge in [-0.2, -0.15) is 0 Å². The van der Waals surface area contributed by atoms with Gasteiger partial charge in [0.2, 0.25) is 5.91 Å². The molecule has 0 unspecified atom stereocenters. The van der Waals surface area contributed by atoms with Crippen molar-refractivity contribution in [2.75, 3.05) is 16.0 Å². The number of hydrogen-bond acceptors (Lipinski definition) is 4. The van der Waals surface area contributed by atoms with E-state index in [9.17, 15) is 14.0 Å². The lowest BCUT2D eigenvalue weighted by atomic mass is 10.1. The number of hydrogen-bond donors (Lipinski definition) is 3. The number of anilines is 3. The van der Waals surface area contributed by atoms with Crippen molar-refractivity contribution < 1.29 is 14.0 Å². The van der Waals surface area contributed by atoms with Gasteiger partial charge in [0.25, 0.3) is 0 Å². The van der Waals surface area contributed by atoms with Crippen LogP contribution in [-0.2, 0) is 17.6 Å². The average molecular weight is 398 g/mol. The number of rotatable bonds is 6. The fourth-order valence-electron chi connectivity index (χ4n) is 2.55. The Labute approximate surface area is 165 Å². The molecule has 0 fully saturated rings. The highest BCUT2D eigenvalue weighted by Crippen LogP contribution is 2.19. The summed E-state index contributed by atoms with van der Waals surface area (Å²) < 4.78 is 12.9. The topological polar surface area (TPSA) is 83.1 Å². The number of aryl methyl sites for hydroxylation is 1. The second kappa shape index (κ2) is 9.09. The Balaban J connectivity index is 1.54. The Kier molecular flexibility index (Phi) is 6.33. The molecule has 0 saturated heterocycles. The lowest BCUT2D eigenvalue weighted by molar-refractivity contribution is -0.115. The molecule has 0 bridgehead atoms. The smallest absolute Gasteiger partial charge is 0.325 e. The predicted octanol–water partition coefficient (Wildman–Crippen LogP) is 4.67. The van der Waals surface area contributed by atoms with E-state index in [2.05, 4.69) is 20.9 Å². The van der Waals surface area contributed by atoms with Crippen molar-refractivity contribution in [3.63, 3.8) is 0 Å². The first-order valence-electron chi connectivity index (χ1n) is 8.69. The van der Waals surface area contributed by atoms with Gasteiger partial charge in [-0.15, -0.1) is 11.3 Å². The second-order valence-corrected chi connectivity index (χ2v) is 6.82. The van der Waals surface area contributed by atoms with E-state index in [0.29, 0.717) is 16.5 Å². The molecule has 1 aromatic heterocycles. The molecule has 0 atom stereocenters. The molecule has 0 radical (unpaired) electrons. The van der Waals surface area contributed by atoms with Crippen LogP contribution in [0.1, 0.15) is 18.2 Å². The van der Waals surface area contributed by atoms with Crippen molar-refractivity contribution >= 4 is 39.8 Å². The zero-order valence-electron chi connectivity index (χ0n) is 15.2. The van der Waals surface area contributed by atoms with Crippen molar-refractivity contribution in [3.8, 4) is 0 Å². The number of urea groups is 1. The summed E-state index contributed by atoms with van der Waals surface area (Å²) in [6.45, 7) is 2.03. The Morgan fingerprint density at radius 2 is 1.79 bits per heavy atom. The first-order valence-corrected chi connectivity index (χ1v) is 9.57. The van der Waals surface area contributed by atoms with Crippen LogP contribution in [0.4, 0.5) is 25.7 Å². The summed E-state index contributed by atoms with van der Waals surface area (Å²) in [6, 6.07) is 12.6. The third-order valence-electron chi connectivity index (χ3n) is 3.89. The molecule has 3 aromatic rings. The molecule has 3 amide bonds. The number of carbonyl (C=O) groups is 2. The zero-order valence-corrected chi connectivity index (χ0v) is 16.0. The molecule has 6 nitrogen and oxygen atoms in total. The molecule has 3 rings (SSSR count). The van der Waals surface area contributed by atoms with Gasteiger partial charge in [-0.25, -0.2) is 14.2 Å². The third kappa shape index (κ3) is 5.37. The molecule has 2 aromatic carbocycles. The van der Waals surface area contributed by atoms with E-state index < -0.39 is 6.03 Å². The van der Waals surface area contributed by atoms with Crippen LogP contribution in [0.3, 0.4) is 0 Å². The van der Waals surface area contributed by atoms with Gasteiger partial charge in [0.15, 0.2) is 5.13 Å². The Morgan fingerprint density at radius 1 is 1.04 bits per heavy atom. The lowest BCUT2D eigenvalue weighted by Crippen LogP contribution is -2.19. The molecule has 0 aliphatic rings. The maximum absolute atomic E-state index is 12.9. The minimum Gasteiger partial charge on any atom is -0.325 e. The molecule has 3 N–H and O–H groups in total. The number of nitrogens with zero attached hydrogens (tertiary/aromatic N) is 1. The number of thiazole rings is 1. The molecule has 1 heterocycles. The quantitative estimate of drug-likeness (QED) is 0.564. The summed E-state index contributed by atoms with van der Waals surface area (Å²) >= 11 is 1.22. The largest absolute Gasteiger partial charge is 0.325 e. The molecule has 28 heavy (non-hydrogen) atoms. The molecule has 0 aliphatic carbocycles. The van der Waals surface area contributed by atoms with Gasteiger partial charge in [0.1, 0.15) is 5.82 Å². The van der Waals surface area contributed by atoms with Crippen LogP contribution in [0.25, 0.3) is 0 Å². The first-order chi connectivity index (χ1) is 13.5. The number of halogens is 1. The van der Waals surface area contributed by atoms with Gasteiger partial charge in [-0.3, -0.25) is 10.1 Å². The standard InChI is InChI=1S/C20H19FN4O2S/c1-2-13-5-3-4-6-17(13)24-18(26)11-16-12-28-20(23-16)25-19(27)22-15-9-7-14(21)8-10-15/h3-10,12H,2,11H2,1H3,(H,24,26)(H2,22,23,25,27). The zero-order chi connectivity index (χ0) is 19.9. The van der Waals surface area contributed by atoms with E-state index in [0.717, 1.165) is 17.7 Å². The number of carbonyl (C=O) groups excluding carboxylic acids is 2. The Morgan fingerprint density at radius 3 is 2.54 bits per heavy atom. The number of nitrogens with one attached hydrogen (secondary N) is 3. The number of benzene rings is 2. The number of amides is 3. The maximum Gasteiger partial charge on any atom is 0.325 e. The summed E-state index contributed by atoms with van der Waals surface area (Å²) in [5, 5.41) is 10.2. The van der Waals surface area contributed by atoms with Crippen LogP contribution < -0.4 is 16.0 Å². The molecular weight excluding hydrogens is 379 g/mol. The van der Waals surface area contributed by atoms with Gasteiger partial charge < -0.3 is 10.6 Å². The van der Waals surface area contributed by atoms with Gasteiger partial charge in [0.05, 0.1) is 12.1 Å². The summed E-state index contributed by atoms with van der Waals surface area (Å²) in [5.74, 6) is -0.552.